The number of hydrogen-bond donors (Lipinski definition) is 0. The minimum atomic E-state index is -0.0501. The molecule has 1 amide bonds. The van der Waals surface area contributed by atoms with Crippen molar-refractivity contribution in [1.82, 2.24) is 4.90 Å². The van der Waals surface area contributed by atoms with Crippen molar-refractivity contribution < 1.29 is 4.79 Å². The Labute approximate surface area is 113 Å². The van der Waals surface area contributed by atoms with Crippen LogP contribution in [0.3, 0.4) is 0 Å². The summed E-state index contributed by atoms with van der Waals surface area (Å²) in [6, 6.07) is 8.21. The summed E-state index contributed by atoms with van der Waals surface area (Å²) < 4.78 is 0. The van der Waals surface area contributed by atoms with Crippen molar-refractivity contribution in [3.63, 3.8) is 0 Å². The highest BCUT2D eigenvalue weighted by Gasteiger charge is 2.28. The van der Waals surface area contributed by atoms with Gasteiger partial charge in [-0.15, -0.1) is 11.6 Å². The minimum Gasteiger partial charge on any atom is -0.311 e. The summed E-state index contributed by atoms with van der Waals surface area (Å²) in [5, 5.41) is -0.0501. The fourth-order valence-corrected chi connectivity index (χ4v) is 2.38. The highest BCUT2D eigenvalue weighted by molar-refractivity contribution is 6.24. The maximum atomic E-state index is 11.7. The second-order valence-electron chi connectivity index (χ2n) is 5.03. The van der Waals surface area contributed by atoms with Crippen LogP contribution in [0, 0.1) is 0 Å². The number of carbonyl (C=O) groups excluding carboxylic acids is 1. The van der Waals surface area contributed by atoms with Crippen molar-refractivity contribution in [1.29, 1.82) is 0 Å². The Morgan fingerprint density at radius 2 is 2.00 bits per heavy atom. The Bertz CT molecular complexity index is 416. The second kappa shape index (κ2) is 5.72. The molecule has 98 valence electrons. The van der Waals surface area contributed by atoms with E-state index in [2.05, 4.69) is 31.1 Å². The van der Waals surface area contributed by atoms with E-state index in [1.165, 1.54) is 5.56 Å². The van der Waals surface area contributed by atoms with Gasteiger partial charge in [-0.1, -0.05) is 12.1 Å². The third-order valence-electron chi connectivity index (χ3n) is 3.17. The van der Waals surface area contributed by atoms with Gasteiger partial charge in [0.1, 0.15) is 0 Å². The van der Waals surface area contributed by atoms with Crippen LogP contribution in [0.2, 0.25) is 0 Å². The summed E-state index contributed by atoms with van der Waals surface area (Å²) in [6.07, 6.45) is 1.48. The molecule has 0 saturated carbocycles. The van der Waals surface area contributed by atoms with E-state index in [4.69, 9.17) is 11.6 Å². The van der Waals surface area contributed by atoms with E-state index >= 15 is 0 Å². The smallest absolute Gasteiger partial charge is 0.228 e. The molecule has 1 aliphatic rings. The van der Waals surface area contributed by atoms with Crippen LogP contribution >= 0.6 is 11.6 Å². The van der Waals surface area contributed by atoms with Crippen LogP contribution in [0.25, 0.3) is 0 Å². The maximum Gasteiger partial charge on any atom is 0.228 e. The van der Waals surface area contributed by atoms with Crippen LogP contribution in [0.15, 0.2) is 24.3 Å². The summed E-state index contributed by atoms with van der Waals surface area (Å²) in [5.74, 6) is 0.121. The molecular formula is C14H19ClN2O. The molecule has 18 heavy (non-hydrogen) atoms. The molecule has 2 rings (SSSR count). The Morgan fingerprint density at radius 1 is 1.33 bits per heavy atom. The number of anilines is 1. The normalized spacial score (nSPS) is 19.9. The lowest BCUT2D eigenvalue weighted by Gasteiger charge is -2.16. The van der Waals surface area contributed by atoms with Gasteiger partial charge in [-0.05, 0) is 38.2 Å². The maximum absolute atomic E-state index is 11.7. The molecular weight excluding hydrogens is 248 g/mol. The zero-order valence-electron chi connectivity index (χ0n) is 10.9. The number of likely N-dealkylation sites (N-methyl/N-ethyl adjacent to an activating group) is 1. The second-order valence-corrected chi connectivity index (χ2v) is 5.64. The minimum absolute atomic E-state index is 0.0501. The zero-order valence-corrected chi connectivity index (χ0v) is 11.7. The number of amides is 1. The monoisotopic (exact) mass is 266 g/mol. The molecule has 0 N–H and O–H groups in total. The molecule has 1 atom stereocenters. The molecule has 0 bridgehead atoms. The van der Waals surface area contributed by atoms with Gasteiger partial charge in [-0.25, -0.2) is 0 Å². The first-order valence-electron chi connectivity index (χ1n) is 6.24. The predicted molar refractivity (Wildman–Crippen MR) is 75.3 cm³/mol. The first-order valence-corrected chi connectivity index (χ1v) is 6.68. The van der Waals surface area contributed by atoms with E-state index in [-0.39, 0.29) is 11.3 Å². The third kappa shape index (κ3) is 3.24. The average Bonchev–Trinajstić information content (AvgIpc) is 2.66. The molecule has 1 heterocycles. The summed E-state index contributed by atoms with van der Waals surface area (Å²) in [6.45, 7) is 1.66. The highest BCUT2D eigenvalue weighted by atomic mass is 35.5. The van der Waals surface area contributed by atoms with Crippen molar-refractivity contribution in [3.05, 3.63) is 29.8 Å². The highest BCUT2D eigenvalue weighted by Crippen LogP contribution is 2.24. The van der Waals surface area contributed by atoms with Gasteiger partial charge in [0.25, 0.3) is 0 Å². The summed E-state index contributed by atoms with van der Waals surface area (Å²) in [5.41, 5.74) is 2.25. The first kappa shape index (κ1) is 13.4. The zero-order chi connectivity index (χ0) is 13.1. The molecule has 1 unspecified atom stereocenters. The predicted octanol–water partition coefficient (Wildman–Crippen LogP) is 2.13. The van der Waals surface area contributed by atoms with Gasteiger partial charge in [-0.3, -0.25) is 4.79 Å². The number of alkyl halides is 1. The molecule has 1 fully saturated rings. The molecule has 1 aromatic carbocycles. The lowest BCUT2D eigenvalue weighted by Crippen LogP contribution is -2.24. The molecule has 1 aromatic rings. The molecule has 0 aromatic heterocycles. The van der Waals surface area contributed by atoms with Crippen molar-refractivity contribution in [2.75, 3.05) is 32.1 Å². The number of nitrogens with zero attached hydrogens (tertiary/aromatic N) is 2. The molecule has 4 heteroatoms. The standard InChI is InChI=1S/C14H19ClN2O/c1-16(2)8-7-11-3-5-13(6-4-11)17-10-12(15)9-14(17)18/h3-6,12H,7-10H2,1-2H3. The Hall–Kier alpha value is -1.06. The van der Waals surface area contributed by atoms with Crippen molar-refractivity contribution in [3.8, 4) is 0 Å². The average molecular weight is 267 g/mol. The molecule has 1 saturated heterocycles. The van der Waals surface area contributed by atoms with Crippen molar-refractivity contribution in [2.24, 2.45) is 0 Å². The molecule has 0 spiro atoms. The third-order valence-corrected chi connectivity index (χ3v) is 3.47. The fraction of sp³-hybridized carbons (Fsp3) is 0.500. The SMILES string of the molecule is CN(C)CCc1ccc(N2CC(Cl)CC2=O)cc1. The van der Waals surface area contributed by atoms with Crippen LogP contribution in [0.5, 0.6) is 0 Å². The largest absolute Gasteiger partial charge is 0.311 e. The summed E-state index contributed by atoms with van der Waals surface area (Å²) in [4.78, 5) is 15.7. The van der Waals surface area contributed by atoms with Crippen LogP contribution in [0.4, 0.5) is 5.69 Å². The number of rotatable bonds is 4. The summed E-state index contributed by atoms with van der Waals surface area (Å²) >= 11 is 6.00. The lowest BCUT2D eigenvalue weighted by molar-refractivity contribution is -0.117. The van der Waals surface area contributed by atoms with Crippen LogP contribution in [-0.2, 0) is 11.2 Å². The molecule has 0 aliphatic carbocycles. The van der Waals surface area contributed by atoms with E-state index < -0.39 is 0 Å². The van der Waals surface area contributed by atoms with Gasteiger partial charge in [-0.2, -0.15) is 0 Å². The van der Waals surface area contributed by atoms with Gasteiger partial charge in [0, 0.05) is 25.2 Å². The van der Waals surface area contributed by atoms with Crippen LogP contribution in [0.1, 0.15) is 12.0 Å². The Morgan fingerprint density at radius 3 is 2.50 bits per heavy atom. The van der Waals surface area contributed by atoms with Crippen LogP contribution in [-0.4, -0.2) is 43.4 Å². The molecule has 1 aliphatic heterocycles. The van der Waals surface area contributed by atoms with Crippen molar-refractivity contribution in [2.45, 2.75) is 18.2 Å². The van der Waals surface area contributed by atoms with Gasteiger partial charge in [0.15, 0.2) is 0 Å². The summed E-state index contributed by atoms with van der Waals surface area (Å²) in [7, 11) is 4.13. The molecule has 0 radical (unpaired) electrons. The van der Waals surface area contributed by atoms with E-state index in [0.29, 0.717) is 13.0 Å². The topological polar surface area (TPSA) is 23.6 Å². The quantitative estimate of drug-likeness (QED) is 0.780. The van der Waals surface area contributed by atoms with Crippen LogP contribution < -0.4 is 4.90 Å². The first-order chi connectivity index (χ1) is 8.56. The van der Waals surface area contributed by atoms with E-state index in [1.54, 1.807) is 4.90 Å². The number of halogens is 1. The van der Waals surface area contributed by atoms with Gasteiger partial charge in [0.05, 0.1) is 5.38 Å². The van der Waals surface area contributed by atoms with E-state index in [0.717, 1.165) is 18.7 Å². The number of carbonyl (C=O) groups is 1. The number of benzene rings is 1. The number of hydrogen-bond acceptors (Lipinski definition) is 2. The Balaban J connectivity index is 2.01. The van der Waals surface area contributed by atoms with E-state index in [9.17, 15) is 4.79 Å². The van der Waals surface area contributed by atoms with Gasteiger partial charge in [0.2, 0.25) is 5.91 Å². The molecule has 3 nitrogen and oxygen atoms in total. The lowest BCUT2D eigenvalue weighted by atomic mass is 10.1. The van der Waals surface area contributed by atoms with Gasteiger partial charge >= 0.3 is 0 Å². The van der Waals surface area contributed by atoms with E-state index in [1.807, 2.05) is 12.1 Å². The van der Waals surface area contributed by atoms with Gasteiger partial charge < -0.3 is 9.80 Å². The van der Waals surface area contributed by atoms with Crippen molar-refractivity contribution >= 4 is 23.2 Å². The Kier molecular flexibility index (Phi) is 4.25. The fourth-order valence-electron chi connectivity index (χ4n) is 2.11.